The Morgan fingerprint density at radius 3 is 2.57 bits per heavy atom. The number of aliphatic hydroxyl groups excluding tert-OH is 2. The van der Waals surface area contributed by atoms with Crippen LogP contribution in [0, 0.1) is 39.2 Å². The Balaban J connectivity index is 1.46. The Morgan fingerprint density at radius 1 is 1.27 bits per heavy atom. The van der Waals surface area contributed by atoms with Gasteiger partial charge in [0.15, 0.2) is 0 Å². The number of hydrogen-bond acceptors (Lipinski definition) is 9. The Kier molecular flexibility index (Phi) is 8.97. The number of aliphatic hydroxyl groups is 2. The SMILES string of the molecule is COc1c(CN2O[C@@H](CO)[C@H]([C@H](C)O)[C@H]2C(=O)N[C@H]2C[C@H]3C[C@@H]([C@@H]2C)C3(C)C)cccc1-c1cc(N(C)C)cc([N+](=O)[O-])c1. The topological polar surface area (TPSA) is 138 Å². The normalized spacial score (nSPS) is 29.9. The largest absolute Gasteiger partial charge is 0.496 e. The number of rotatable bonds is 10. The van der Waals surface area contributed by atoms with E-state index in [1.165, 1.54) is 25.7 Å². The maximum Gasteiger partial charge on any atom is 0.272 e. The summed E-state index contributed by atoms with van der Waals surface area (Å²) in [4.78, 5) is 33.3. The van der Waals surface area contributed by atoms with Crippen molar-refractivity contribution in [3.8, 4) is 16.9 Å². The number of carbonyl (C=O) groups excluding carboxylic acids is 1. The van der Waals surface area contributed by atoms with E-state index in [2.05, 4.69) is 26.1 Å². The zero-order chi connectivity index (χ0) is 32.1. The first-order chi connectivity index (χ1) is 20.8. The van der Waals surface area contributed by atoms with E-state index in [1.807, 2.05) is 38.4 Å². The minimum Gasteiger partial charge on any atom is -0.496 e. The monoisotopic (exact) mass is 610 g/mol. The molecule has 44 heavy (non-hydrogen) atoms. The number of benzene rings is 2. The molecule has 4 fully saturated rings. The molecule has 240 valence electrons. The average Bonchev–Trinajstić information content (AvgIpc) is 3.36. The van der Waals surface area contributed by atoms with Crippen LogP contribution in [-0.4, -0.2) is 78.2 Å². The second-order valence-electron chi connectivity index (χ2n) is 13.6. The molecule has 0 aromatic heterocycles. The molecule has 2 aromatic rings. The molecule has 3 N–H and O–H groups in total. The quantitative estimate of drug-likeness (QED) is 0.269. The zero-order valence-electron chi connectivity index (χ0n) is 26.7. The molecular weight excluding hydrogens is 564 g/mol. The molecule has 1 saturated heterocycles. The molecule has 3 saturated carbocycles. The van der Waals surface area contributed by atoms with E-state index >= 15 is 0 Å². The van der Waals surface area contributed by atoms with Crippen molar-refractivity contribution in [3.63, 3.8) is 0 Å². The van der Waals surface area contributed by atoms with Crippen molar-refractivity contribution in [2.45, 2.75) is 71.4 Å². The molecule has 2 bridgehead atoms. The lowest BCUT2D eigenvalue weighted by atomic mass is 9.45. The predicted molar refractivity (Wildman–Crippen MR) is 167 cm³/mol. The zero-order valence-corrected chi connectivity index (χ0v) is 26.7. The first-order valence-corrected chi connectivity index (χ1v) is 15.4. The number of hydrogen-bond donors (Lipinski definition) is 3. The number of non-ortho nitro benzene ring substituents is 1. The molecule has 0 spiro atoms. The summed E-state index contributed by atoms with van der Waals surface area (Å²) in [6.45, 7) is 8.24. The number of anilines is 1. The van der Waals surface area contributed by atoms with Crippen molar-refractivity contribution in [1.82, 2.24) is 10.4 Å². The van der Waals surface area contributed by atoms with Gasteiger partial charge in [-0.1, -0.05) is 39.0 Å². The molecular formula is C33H46N4O7. The third-order valence-corrected chi connectivity index (χ3v) is 10.6. The molecule has 0 radical (unpaired) electrons. The summed E-state index contributed by atoms with van der Waals surface area (Å²) in [5.41, 5.74) is 2.87. The van der Waals surface area contributed by atoms with Crippen molar-refractivity contribution in [3.05, 3.63) is 52.1 Å². The van der Waals surface area contributed by atoms with Crippen LogP contribution in [0.4, 0.5) is 11.4 Å². The van der Waals surface area contributed by atoms with E-state index in [-0.39, 0.29) is 36.2 Å². The number of methoxy groups -OCH3 is 1. The molecule has 6 rings (SSSR count). The third-order valence-electron chi connectivity index (χ3n) is 10.6. The molecule has 1 amide bonds. The van der Waals surface area contributed by atoms with E-state index in [0.717, 1.165) is 6.42 Å². The number of carbonyl (C=O) groups is 1. The fourth-order valence-electron chi connectivity index (χ4n) is 7.94. The minimum atomic E-state index is -0.911. The molecule has 11 heteroatoms. The molecule has 3 aliphatic carbocycles. The standard InChI is InChI=1S/C33H46N4O7/c1-18-26-13-22(33(26,3)4)14-27(18)34-32(40)30-29(19(2)39)28(17-38)44-36(30)16-20-9-8-10-25(31(20)43-7)21-11-23(35(5)6)15-24(12-21)37(41)42/h8-12,15,18-19,22,26-30,38-39H,13-14,16-17H2,1-7H3,(H,34,40)/t18-,19-,22+,26-,27-,28-,29-,30-/m0/s1. The van der Waals surface area contributed by atoms with Crippen LogP contribution in [-0.2, 0) is 16.2 Å². The van der Waals surface area contributed by atoms with Gasteiger partial charge in [0.2, 0.25) is 5.91 Å². The number of nitrogens with zero attached hydrogens (tertiary/aromatic N) is 3. The van der Waals surface area contributed by atoms with Crippen LogP contribution in [0.1, 0.15) is 46.1 Å². The van der Waals surface area contributed by atoms with Crippen LogP contribution in [0.5, 0.6) is 5.75 Å². The molecule has 8 atom stereocenters. The van der Waals surface area contributed by atoms with E-state index in [9.17, 15) is 25.1 Å². The van der Waals surface area contributed by atoms with Gasteiger partial charge in [-0.15, -0.1) is 0 Å². The van der Waals surface area contributed by atoms with Gasteiger partial charge in [0, 0.05) is 55.0 Å². The number of fused-ring (bicyclic) bond motifs is 2. The molecule has 0 unspecified atom stereocenters. The summed E-state index contributed by atoms with van der Waals surface area (Å²) in [5.74, 6) is 1.05. The van der Waals surface area contributed by atoms with E-state index < -0.39 is 29.1 Å². The van der Waals surface area contributed by atoms with Gasteiger partial charge in [0.1, 0.15) is 17.9 Å². The summed E-state index contributed by atoms with van der Waals surface area (Å²) < 4.78 is 5.87. The van der Waals surface area contributed by atoms with Gasteiger partial charge in [0.25, 0.3) is 5.69 Å². The smallest absolute Gasteiger partial charge is 0.272 e. The minimum absolute atomic E-state index is 0.0292. The van der Waals surface area contributed by atoms with Crippen molar-refractivity contribution in [2.75, 3.05) is 32.7 Å². The molecule has 2 aromatic carbocycles. The second-order valence-corrected chi connectivity index (χ2v) is 13.6. The first kappa shape index (κ1) is 32.2. The van der Waals surface area contributed by atoms with Gasteiger partial charge in [0.05, 0.1) is 31.3 Å². The molecule has 11 nitrogen and oxygen atoms in total. The van der Waals surface area contributed by atoms with E-state index in [1.54, 1.807) is 16.9 Å². The lowest BCUT2D eigenvalue weighted by Crippen LogP contribution is -2.62. The average molecular weight is 611 g/mol. The second kappa shape index (κ2) is 12.3. The Hall–Kier alpha value is -3.25. The Labute approximate surface area is 259 Å². The number of para-hydroxylation sites is 1. The first-order valence-electron chi connectivity index (χ1n) is 15.4. The summed E-state index contributed by atoms with van der Waals surface area (Å²) in [6.07, 6.45) is 0.432. The molecule has 4 aliphatic rings. The number of amides is 1. The van der Waals surface area contributed by atoms with E-state index in [0.29, 0.717) is 45.9 Å². The van der Waals surface area contributed by atoms with Crippen LogP contribution in [0.15, 0.2) is 36.4 Å². The highest BCUT2D eigenvalue weighted by Crippen LogP contribution is 2.61. The maximum absolute atomic E-state index is 14.0. The van der Waals surface area contributed by atoms with Crippen LogP contribution in [0.3, 0.4) is 0 Å². The summed E-state index contributed by atoms with van der Waals surface area (Å²) >= 11 is 0. The lowest BCUT2D eigenvalue weighted by Gasteiger charge is -2.62. The van der Waals surface area contributed by atoms with Gasteiger partial charge in [-0.2, -0.15) is 5.06 Å². The van der Waals surface area contributed by atoms with E-state index in [4.69, 9.17) is 9.57 Å². The summed E-state index contributed by atoms with van der Waals surface area (Å²) in [7, 11) is 5.18. The van der Waals surface area contributed by atoms with Crippen molar-refractivity contribution >= 4 is 17.3 Å². The highest BCUT2D eigenvalue weighted by Gasteiger charge is 2.57. The fourth-order valence-corrected chi connectivity index (χ4v) is 7.94. The predicted octanol–water partition coefficient (Wildman–Crippen LogP) is 4.00. The third kappa shape index (κ3) is 5.66. The fraction of sp³-hybridized carbons (Fsp3) is 0.606. The van der Waals surface area contributed by atoms with Crippen LogP contribution in [0.25, 0.3) is 11.1 Å². The number of nitro benzene ring substituents is 1. The Bertz CT molecular complexity index is 1400. The lowest BCUT2D eigenvalue weighted by molar-refractivity contribution is -0.384. The summed E-state index contributed by atoms with van der Waals surface area (Å²) in [5, 5.41) is 37.5. The van der Waals surface area contributed by atoms with Crippen LogP contribution < -0.4 is 15.0 Å². The van der Waals surface area contributed by atoms with Crippen molar-refractivity contribution in [1.29, 1.82) is 0 Å². The van der Waals surface area contributed by atoms with Gasteiger partial charge in [-0.25, -0.2) is 0 Å². The Morgan fingerprint density at radius 2 is 2.00 bits per heavy atom. The van der Waals surface area contributed by atoms with Crippen molar-refractivity contribution in [2.24, 2.45) is 29.1 Å². The van der Waals surface area contributed by atoms with Crippen LogP contribution in [0.2, 0.25) is 0 Å². The van der Waals surface area contributed by atoms with Gasteiger partial charge >= 0.3 is 0 Å². The number of ether oxygens (including phenoxy) is 1. The number of nitro groups is 1. The van der Waals surface area contributed by atoms with Crippen LogP contribution >= 0.6 is 0 Å². The van der Waals surface area contributed by atoms with Crippen molar-refractivity contribution < 1.29 is 29.5 Å². The molecule has 1 aliphatic heterocycles. The number of nitrogens with one attached hydrogen (secondary N) is 1. The highest BCUT2D eigenvalue weighted by atomic mass is 16.7. The molecule has 1 heterocycles. The highest BCUT2D eigenvalue weighted by molar-refractivity contribution is 5.83. The van der Waals surface area contributed by atoms with Gasteiger partial charge in [-0.3, -0.25) is 19.7 Å². The van der Waals surface area contributed by atoms with Gasteiger partial charge < -0.3 is 25.2 Å². The number of hydroxylamine groups is 2. The van der Waals surface area contributed by atoms with Gasteiger partial charge in [-0.05, 0) is 54.6 Å². The summed E-state index contributed by atoms with van der Waals surface area (Å²) in [6, 6.07) is 9.59. The maximum atomic E-state index is 14.0.